The fourth-order valence-electron chi connectivity index (χ4n) is 1.32. The Balaban J connectivity index is 2.81. The third-order valence-electron chi connectivity index (χ3n) is 2.12. The largest absolute Gasteiger partial charge is 0.428 e. The van der Waals surface area contributed by atoms with E-state index in [4.69, 9.17) is 9.16 Å². The van der Waals surface area contributed by atoms with E-state index in [1.807, 2.05) is 0 Å². The molecule has 0 heterocycles. The van der Waals surface area contributed by atoms with Gasteiger partial charge in [0.2, 0.25) is 0 Å². The van der Waals surface area contributed by atoms with Crippen LogP contribution in [-0.2, 0) is 9.16 Å². The second-order valence-corrected chi connectivity index (χ2v) is 4.06. The molecule has 0 aliphatic heterocycles. The molecule has 0 fully saturated rings. The minimum Gasteiger partial charge on any atom is -0.428 e. The van der Waals surface area contributed by atoms with Gasteiger partial charge in [0.15, 0.2) is 0 Å². The minimum atomic E-state index is 0.692. The van der Waals surface area contributed by atoms with E-state index in [0.29, 0.717) is 6.61 Å². The predicted octanol–water partition coefficient (Wildman–Crippen LogP) is 1.83. The number of hydrogen-bond acceptors (Lipinski definition) is 2. The predicted molar refractivity (Wildman–Crippen MR) is 64.6 cm³/mol. The molecule has 14 heavy (non-hydrogen) atoms. The lowest BCUT2D eigenvalue weighted by Gasteiger charge is -2.02. The highest BCUT2D eigenvalue weighted by molar-refractivity contribution is 5.97. The lowest BCUT2D eigenvalue weighted by molar-refractivity contribution is 0.157. The van der Waals surface area contributed by atoms with Crippen LogP contribution in [0.15, 0.2) is 12.7 Å². The molecule has 0 spiro atoms. The third-order valence-corrected chi connectivity index (χ3v) is 2.53. The zero-order valence-electron chi connectivity index (χ0n) is 9.46. The molecule has 0 aromatic carbocycles. The summed E-state index contributed by atoms with van der Waals surface area (Å²) in [6.45, 7) is 6.15. The monoisotopic (exact) mass is 216 g/mol. The zero-order chi connectivity index (χ0) is 10.5. The van der Waals surface area contributed by atoms with Gasteiger partial charge >= 0.3 is 0 Å². The van der Waals surface area contributed by atoms with E-state index < -0.39 is 0 Å². The van der Waals surface area contributed by atoms with Gasteiger partial charge in [0.05, 0.1) is 6.61 Å². The van der Waals surface area contributed by atoms with Crippen LogP contribution in [0.2, 0.25) is 0 Å². The molecule has 0 unspecified atom stereocenters. The molecule has 0 radical (unpaired) electrons. The Morgan fingerprint density at radius 3 is 2.07 bits per heavy atom. The van der Waals surface area contributed by atoms with Crippen LogP contribution in [0, 0.1) is 0 Å². The second-order valence-electron chi connectivity index (χ2n) is 3.48. The first-order valence-corrected chi connectivity index (χ1v) is 6.41. The Morgan fingerprint density at radius 2 is 1.50 bits per heavy atom. The molecule has 0 aliphatic carbocycles. The highest BCUT2D eigenvalue weighted by atomic mass is 28.2. The van der Waals surface area contributed by atoms with Crippen LogP contribution in [0.3, 0.4) is 0 Å². The van der Waals surface area contributed by atoms with Gasteiger partial charge in [-0.2, -0.15) is 0 Å². The summed E-state index contributed by atoms with van der Waals surface area (Å²) in [4.78, 5) is 0. The van der Waals surface area contributed by atoms with E-state index in [1.165, 1.54) is 38.5 Å². The maximum absolute atomic E-state index is 5.29. The Hall–Kier alpha value is -0.123. The number of rotatable bonds is 11. The van der Waals surface area contributed by atoms with Crippen LogP contribution in [-0.4, -0.2) is 30.3 Å². The molecule has 0 N–H and O–H groups in total. The SMILES string of the molecule is C=CCOCCCCCCCCO[SiH3]. The van der Waals surface area contributed by atoms with Crippen molar-refractivity contribution in [2.45, 2.75) is 38.5 Å². The number of unbranched alkanes of at least 4 members (excludes halogenated alkanes) is 5. The quantitative estimate of drug-likeness (QED) is 0.298. The maximum atomic E-state index is 5.29. The van der Waals surface area contributed by atoms with Crippen molar-refractivity contribution in [3.63, 3.8) is 0 Å². The van der Waals surface area contributed by atoms with Gasteiger partial charge in [-0.05, 0) is 12.8 Å². The lowest BCUT2D eigenvalue weighted by Crippen LogP contribution is -1.94. The molecule has 84 valence electrons. The van der Waals surface area contributed by atoms with Gasteiger partial charge in [0, 0.05) is 13.2 Å². The highest BCUT2D eigenvalue weighted by Crippen LogP contribution is 2.05. The molecule has 0 aromatic rings. The smallest absolute Gasteiger partial charge is 0.145 e. The van der Waals surface area contributed by atoms with Crippen molar-refractivity contribution in [2.24, 2.45) is 0 Å². The van der Waals surface area contributed by atoms with Crippen molar-refractivity contribution >= 4 is 10.5 Å². The van der Waals surface area contributed by atoms with Crippen LogP contribution in [0.25, 0.3) is 0 Å². The standard InChI is InChI=1S/C11H24O2Si/c1-2-9-12-10-7-5-3-4-6-8-11-13-14/h2H,1,3-11H2,14H3. The van der Waals surface area contributed by atoms with Crippen molar-refractivity contribution in [1.29, 1.82) is 0 Å². The van der Waals surface area contributed by atoms with E-state index in [9.17, 15) is 0 Å². The van der Waals surface area contributed by atoms with Gasteiger partial charge < -0.3 is 9.16 Å². The summed E-state index contributed by atoms with van der Waals surface area (Å²) in [5, 5.41) is 0. The van der Waals surface area contributed by atoms with E-state index >= 15 is 0 Å². The summed E-state index contributed by atoms with van der Waals surface area (Å²) < 4.78 is 10.4. The van der Waals surface area contributed by atoms with E-state index in [1.54, 1.807) is 6.08 Å². The molecule has 0 rings (SSSR count). The molecule has 0 aliphatic rings. The van der Waals surface area contributed by atoms with Crippen LogP contribution >= 0.6 is 0 Å². The molecule has 2 nitrogen and oxygen atoms in total. The van der Waals surface area contributed by atoms with Gasteiger partial charge in [0.25, 0.3) is 0 Å². The highest BCUT2D eigenvalue weighted by Gasteiger charge is 1.91. The first-order valence-electron chi connectivity index (χ1n) is 5.59. The summed E-state index contributed by atoms with van der Waals surface area (Å²) >= 11 is 0. The molecule has 3 heteroatoms. The Bertz CT molecular complexity index is 118. The summed E-state index contributed by atoms with van der Waals surface area (Å²) in [5.41, 5.74) is 0. The normalized spacial score (nSPS) is 10.6. The fourth-order valence-corrected chi connectivity index (χ4v) is 1.61. The summed E-state index contributed by atoms with van der Waals surface area (Å²) in [7, 11) is 0.885. The number of hydrogen-bond donors (Lipinski definition) is 0. The topological polar surface area (TPSA) is 18.5 Å². The first-order chi connectivity index (χ1) is 6.91. The van der Waals surface area contributed by atoms with Gasteiger partial charge in [-0.15, -0.1) is 6.58 Å². The first kappa shape index (κ1) is 13.9. The van der Waals surface area contributed by atoms with Crippen LogP contribution < -0.4 is 0 Å². The van der Waals surface area contributed by atoms with Crippen molar-refractivity contribution in [2.75, 3.05) is 19.8 Å². The Labute approximate surface area is 91.2 Å². The van der Waals surface area contributed by atoms with Gasteiger partial charge in [0.1, 0.15) is 10.5 Å². The molecule has 0 amide bonds. The number of ether oxygens (including phenoxy) is 1. The Morgan fingerprint density at radius 1 is 0.929 bits per heavy atom. The van der Waals surface area contributed by atoms with E-state index in [-0.39, 0.29) is 0 Å². The maximum Gasteiger partial charge on any atom is 0.145 e. The van der Waals surface area contributed by atoms with Crippen molar-refractivity contribution in [3.8, 4) is 0 Å². The molecule has 0 saturated heterocycles. The van der Waals surface area contributed by atoms with E-state index in [0.717, 1.165) is 23.7 Å². The van der Waals surface area contributed by atoms with Crippen molar-refractivity contribution < 1.29 is 9.16 Å². The van der Waals surface area contributed by atoms with Crippen LogP contribution in [0.4, 0.5) is 0 Å². The molecule has 0 atom stereocenters. The lowest BCUT2D eigenvalue weighted by atomic mass is 10.1. The van der Waals surface area contributed by atoms with Gasteiger partial charge in [-0.3, -0.25) is 0 Å². The van der Waals surface area contributed by atoms with Crippen LogP contribution in [0.1, 0.15) is 38.5 Å². The summed E-state index contributed by atoms with van der Waals surface area (Å²) in [6.07, 6.45) is 9.50. The Kier molecular flexibility index (Phi) is 12.8. The van der Waals surface area contributed by atoms with E-state index in [2.05, 4.69) is 6.58 Å². The summed E-state index contributed by atoms with van der Waals surface area (Å²) in [5.74, 6) is 0. The van der Waals surface area contributed by atoms with Gasteiger partial charge in [-0.25, -0.2) is 0 Å². The zero-order valence-corrected chi connectivity index (χ0v) is 11.5. The average molecular weight is 216 g/mol. The average Bonchev–Trinajstić information content (AvgIpc) is 2.21. The molecular formula is C11H24O2Si. The molecule has 0 saturated carbocycles. The molecule has 0 aromatic heterocycles. The van der Waals surface area contributed by atoms with Gasteiger partial charge in [-0.1, -0.05) is 31.8 Å². The molecule has 0 bridgehead atoms. The summed E-state index contributed by atoms with van der Waals surface area (Å²) in [6, 6.07) is 0. The minimum absolute atomic E-state index is 0.692. The van der Waals surface area contributed by atoms with Crippen LogP contribution in [0.5, 0.6) is 0 Å². The third kappa shape index (κ3) is 11.9. The van der Waals surface area contributed by atoms with Crippen molar-refractivity contribution in [3.05, 3.63) is 12.7 Å². The van der Waals surface area contributed by atoms with Crippen molar-refractivity contribution in [1.82, 2.24) is 0 Å². The molecular weight excluding hydrogens is 192 g/mol. The second kappa shape index (κ2) is 12.9. The fraction of sp³-hybridized carbons (Fsp3) is 0.818.